The predicted octanol–water partition coefficient (Wildman–Crippen LogP) is -0.929. The Balaban J connectivity index is 1.95. The Kier molecular flexibility index (Phi) is 2.86. The topological polar surface area (TPSA) is 87.1 Å². The quantitative estimate of drug-likeness (QED) is 0.653. The van der Waals surface area contributed by atoms with Crippen LogP contribution >= 0.6 is 0 Å². The van der Waals surface area contributed by atoms with Crippen LogP contribution in [0.15, 0.2) is 0 Å². The van der Waals surface area contributed by atoms with Gasteiger partial charge in [-0.3, -0.25) is 9.59 Å². The molecule has 6 nitrogen and oxygen atoms in total. The van der Waals surface area contributed by atoms with E-state index in [2.05, 4.69) is 0 Å². The third-order valence-corrected chi connectivity index (χ3v) is 3.13. The van der Waals surface area contributed by atoms with Gasteiger partial charge in [0, 0.05) is 26.0 Å². The van der Waals surface area contributed by atoms with Crippen molar-refractivity contribution in [2.75, 3.05) is 26.3 Å². The monoisotopic (exact) mass is 229 g/mol. The average molecular weight is 229 g/mol. The van der Waals surface area contributed by atoms with Gasteiger partial charge < -0.3 is 19.8 Å². The molecule has 1 amide bonds. The Bertz CT molecular complexity index is 310. The van der Waals surface area contributed by atoms with E-state index >= 15 is 0 Å². The van der Waals surface area contributed by atoms with Crippen molar-refractivity contribution >= 4 is 11.9 Å². The van der Waals surface area contributed by atoms with Gasteiger partial charge in [0.15, 0.2) is 0 Å². The summed E-state index contributed by atoms with van der Waals surface area (Å²) in [5, 5.41) is 18.8. The molecule has 2 atom stereocenters. The normalized spacial score (nSPS) is 34.7. The molecule has 0 bridgehead atoms. The summed E-state index contributed by atoms with van der Waals surface area (Å²) >= 11 is 0. The lowest BCUT2D eigenvalue weighted by atomic mass is 10.0. The van der Waals surface area contributed by atoms with Crippen LogP contribution in [0.5, 0.6) is 0 Å². The van der Waals surface area contributed by atoms with Gasteiger partial charge in [-0.1, -0.05) is 0 Å². The highest BCUT2D eigenvalue weighted by molar-refractivity contribution is 5.86. The van der Waals surface area contributed by atoms with Crippen molar-refractivity contribution in [1.29, 1.82) is 0 Å². The fourth-order valence-corrected chi connectivity index (χ4v) is 2.17. The SMILES string of the molecule is O=C(O)C1CC(=O)N(CC2(O)CCOC2)C1. The molecule has 0 saturated carbocycles. The molecule has 2 aliphatic heterocycles. The molecule has 90 valence electrons. The van der Waals surface area contributed by atoms with Gasteiger partial charge in [0.25, 0.3) is 0 Å². The van der Waals surface area contributed by atoms with Crippen LogP contribution in [0.1, 0.15) is 12.8 Å². The van der Waals surface area contributed by atoms with Crippen LogP contribution in [0.25, 0.3) is 0 Å². The molecule has 0 spiro atoms. The molecule has 2 N–H and O–H groups in total. The molecular weight excluding hydrogens is 214 g/mol. The number of carboxylic acids is 1. The van der Waals surface area contributed by atoms with E-state index in [9.17, 15) is 14.7 Å². The average Bonchev–Trinajstić information content (AvgIpc) is 2.75. The number of likely N-dealkylation sites (tertiary alicyclic amines) is 1. The van der Waals surface area contributed by atoms with E-state index in [1.165, 1.54) is 4.90 Å². The number of rotatable bonds is 3. The molecule has 0 aliphatic carbocycles. The van der Waals surface area contributed by atoms with E-state index in [-0.39, 0.29) is 32.0 Å². The van der Waals surface area contributed by atoms with E-state index in [4.69, 9.17) is 9.84 Å². The maximum absolute atomic E-state index is 11.5. The minimum atomic E-state index is -0.997. The summed E-state index contributed by atoms with van der Waals surface area (Å²) in [4.78, 5) is 23.7. The largest absolute Gasteiger partial charge is 0.481 e. The highest BCUT2D eigenvalue weighted by Gasteiger charge is 2.40. The second-order valence-corrected chi connectivity index (χ2v) is 4.54. The number of β-amino-alcohol motifs (C(OH)–C–C–N with tert-alkyl or cyclic N) is 1. The highest BCUT2D eigenvalue weighted by Crippen LogP contribution is 2.24. The van der Waals surface area contributed by atoms with E-state index in [1.807, 2.05) is 0 Å². The van der Waals surface area contributed by atoms with Crippen molar-refractivity contribution in [3.05, 3.63) is 0 Å². The van der Waals surface area contributed by atoms with Gasteiger partial charge in [0.2, 0.25) is 5.91 Å². The molecule has 0 aromatic heterocycles. The fourth-order valence-electron chi connectivity index (χ4n) is 2.17. The number of carboxylic acid groups (broad SMARTS) is 1. The van der Waals surface area contributed by atoms with Gasteiger partial charge in [0.1, 0.15) is 5.60 Å². The Morgan fingerprint density at radius 1 is 1.62 bits per heavy atom. The second kappa shape index (κ2) is 4.03. The lowest BCUT2D eigenvalue weighted by molar-refractivity contribution is -0.141. The van der Waals surface area contributed by atoms with Crippen LogP contribution < -0.4 is 0 Å². The standard InChI is InChI=1S/C10H15NO5/c12-8-3-7(9(13)14)4-11(8)5-10(15)1-2-16-6-10/h7,15H,1-6H2,(H,13,14). The molecule has 0 aromatic rings. The minimum absolute atomic E-state index is 0.0340. The highest BCUT2D eigenvalue weighted by atomic mass is 16.5. The van der Waals surface area contributed by atoms with Gasteiger partial charge in [-0.05, 0) is 0 Å². The first-order valence-electron chi connectivity index (χ1n) is 5.31. The molecule has 0 radical (unpaired) electrons. The van der Waals surface area contributed by atoms with Gasteiger partial charge in [-0.2, -0.15) is 0 Å². The summed E-state index contributed by atoms with van der Waals surface area (Å²) in [5.41, 5.74) is -0.997. The maximum Gasteiger partial charge on any atom is 0.308 e. The molecule has 0 aromatic carbocycles. The second-order valence-electron chi connectivity index (χ2n) is 4.54. The Labute approximate surface area is 92.8 Å². The van der Waals surface area contributed by atoms with Crippen molar-refractivity contribution in [3.8, 4) is 0 Å². The molecule has 6 heteroatoms. The molecule has 2 unspecified atom stereocenters. The fraction of sp³-hybridized carbons (Fsp3) is 0.800. The number of hydrogen-bond acceptors (Lipinski definition) is 4. The zero-order chi connectivity index (χ0) is 11.8. The molecule has 2 fully saturated rings. The van der Waals surface area contributed by atoms with E-state index in [1.54, 1.807) is 0 Å². The summed E-state index contributed by atoms with van der Waals surface area (Å²) in [6.07, 6.45) is 0.529. The maximum atomic E-state index is 11.5. The first kappa shape index (κ1) is 11.3. The molecular formula is C10H15NO5. The summed E-state index contributed by atoms with van der Waals surface area (Å²) in [6, 6.07) is 0. The zero-order valence-corrected chi connectivity index (χ0v) is 8.89. The van der Waals surface area contributed by atoms with Crippen molar-refractivity contribution in [2.45, 2.75) is 18.4 Å². The summed E-state index contributed by atoms with van der Waals surface area (Å²) in [5.74, 6) is -1.79. The van der Waals surface area contributed by atoms with Crippen LogP contribution in [-0.4, -0.2) is 58.9 Å². The number of nitrogens with zero attached hydrogens (tertiary/aromatic N) is 1. The molecule has 2 aliphatic rings. The van der Waals surface area contributed by atoms with Crippen molar-refractivity contribution in [3.63, 3.8) is 0 Å². The molecule has 2 heterocycles. The van der Waals surface area contributed by atoms with E-state index in [0.29, 0.717) is 13.0 Å². The van der Waals surface area contributed by atoms with Crippen LogP contribution in [0, 0.1) is 5.92 Å². The summed E-state index contributed by atoms with van der Waals surface area (Å²) in [7, 11) is 0. The number of aliphatic hydroxyl groups is 1. The lowest BCUT2D eigenvalue weighted by Gasteiger charge is -2.27. The molecule has 2 saturated heterocycles. The van der Waals surface area contributed by atoms with Gasteiger partial charge in [-0.15, -0.1) is 0 Å². The van der Waals surface area contributed by atoms with Crippen LogP contribution in [0.4, 0.5) is 0 Å². The van der Waals surface area contributed by atoms with E-state index < -0.39 is 17.5 Å². The zero-order valence-electron chi connectivity index (χ0n) is 8.89. The van der Waals surface area contributed by atoms with Gasteiger partial charge >= 0.3 is 5.97 Å². The first-order valence-corrected chi connectivity index (χ1v) is 5.31. The summed E-state index contributed by atoms with van der Waals surface area (Å²) < 4.78 is 5.08. The smallest absolute Gasteiger partial charge is 0.308 e. The number of ether oxygens (including phenoxy) is 1. The Morgan fingerprint density at radius 2 is 2.38 bits per heavy atom. The third-order valence-electron chi connectivity index (χ3n) is 3.13. The summed E-state index contributed by atoms with van der Waals surface area (Å²) in [6.45, 7) is 1.07. The van der Waals surface area contributed by atoms with Crippen LogP contribution in [0.3, 0.4) is 0 Å². The predicted molar refractivity (Wildman–Crippen MR) is 52.7 cm³/mol. The number of carbonyl (C=O) groups is 2. The lowest BCUT2D eigenvalue weighted by Crippen LogP contribution is -2.44. The Hall–Kier alpha value is -1.14. The van der Waals surface area contributed by atoms with Crippen LogP contribution in [-0.2, 0) is 14.3 Å². The number of carbonyl (C=O) groups excluding carboxylic acids is 1. The third kappa shape index (κ3) is 2.17. The van der Waals surface area contributed by atoms with E-state index in [0.717, 1.165) is 0 Å². The van der Waals surface area contributed by atoms with Gasteiger partial charge in [0.05, 0.1) is 19.1 Å². The molecule has 2 rings (SSSR count). The number of aliphatic carboxylic acids is 1. The number of hydrogen-bond donors (Lipinski definition) is 2. The first-order chi connectivity index (χ1) is 7.50. The minimum Gasteiger partial charge on any atom is -0.481 e. The Morgan fingerprint density at radius 3 is 2.88 bits per heavy atom. The molecule has 16 heavy (non-hydrogen) atoms. The van der Waals surface area contributed by atoms with Crippen molar-refractivity contribution in [1.82, 2.24) is 4.90 Å². The number of amides is 1. The van der Waals surface area contributed by atoms with Crippen LogP contribution in [0.2, 0.25) is 0 Å². The van der Waals surface area contributed by atoms with Crippen molar-refractivity contribution in [2.24, 2.45) is 5.92 Å². The van der Waals surface area contributed by atoms with Gasteiger partial charge in [-0.25, -0.2) is 0 Å². The van der Waals surface area contributed by atoms with Crippen molar-refractivity contribution < 1.29 is 24.5 Å².